The lowest BCUT2D eigenvalue weighted by Crippen LogP contribution is -2.00. The second-order valence-electron chi connectivity index (χ2n) is 14.7. The Morgan fingerprint density at radius 2 is 0.964 bits per heavy atom. The predicted molar refractivity (Wildman–Crippen MR) is 236 cm³/mol. The van der Waals surface area contributed by atoms with Crippen molar-refractivity contribution >= 4 is 76.1 Å². The van der Waals surface area contributed by atoms with E-state index in [1.165, 1.54) is 70.9 Å². The fourth-order valence-electron chi connectivity index (χ4n) is 9.17. The highest BCUT2D eigenvalue weighted by molar-refractivity contribution is 6.27. The highest BCUT2D eigenvalue weighted by atomic mass is 15.1. The number of benzene rings is 9. The van der Waals surface area contributed by atoms with E-state index in [0.29, 0.717) is 0 Å². The van der Waals surface area contributed by atoms with Gasteiger partial charge in [-0.25, -0.2) is 4.98 Å². The summed E-state index contributed by atoms with van der Waals surface area (Å²) in [6, 6.07) is 72.7. The Kier molecular flexibility index (Phi) is 6.63. The molecule has 12 aromatic rings. The first kappa shape index (κ1) is 30.9. The minimum absolute atomic E-state index is 0.900. The molecule has 9 aromatic carbocycles. The van der Waals surface area contributed by atoms with E-state index in [-0.39, 0.29) is 0 Å². The van der Waals surface area contributed by atoms with Crippen molar-refractivity contribution in [3.05, 3.63) is 200 Å². The van der Waals surface area contributed by atoms with Crippen molar-refractivity contribution in [1.29, 1.82) is 0 Å². The van der Waals surface area contributed by atoms with E-state index in [9.17, 15) is 0 Å². The lowest BCUT2D eigenvalue weighted by atomic mass is 9.94. The standard InChI is InChI=1S/C53H33N3/c1-3-16-35(17-4-1)43-31-51-53(42-24-10-9-21-39(42)43)46-30-45-41-23-12-14-26-48(41)56(49(45)33-50(46)55(51)38-19-5-2-6-20-38)52-32-44(40-22-11-13-25-47(40)54-52)37-28-27-34-15-7-8-18-36(34)29-37/h1-33H. The van der Waals surface area contributed by atoms with Crippen molar-refractivity contribution in [2.45, 2.75) is 0 Å². The van der Waals surface area contributed by atoms with Crippen LogP contribution in [0.2, 0.25) is 0 Å². The maximum atomic E-state index is 5.41. The zero-order chi connectivity index (χ0) is 36.7. The lowest BCUT2D eigenvalue weighted by Gasteiger charge is -2.14. The first-order valence-electron chi connectivity index (χ1n) is 19.2. The molecule has 0 saturated heterocycles. The van der Waals surface area contributed by atoms with Gasteiger partial charge in [0, 0.05) is 32.6 Å². The topological polar surface area (TPSA) is 22.8 Å². The van der Waals surface area contributed by atoms with Crippen molar-refractivity contribution in [2.75, 3.05) is 0 Å². The van der Waals surface area contributed by atoms with E-state index in [4.69, 9.17) is 4.98 Å². The van der Waals surface area contributed by atoms with Gasteiger partial charge >= 0.3 is 0 Å². The molecule has 0 bridgehead atoms. The first-order valence-corrected chi connectivity index (χ1v) is 19.2. The molecule has 3 heteroatoms. The number of para-hydroxylation sites is 3. The summed E-state index contributed by atoms with van der Waals surface area (Å²) in [6.07, 6.45) is 0. The first-order chi connectivity index (χ1) is 27.8. The van der Waals surface area contributed by atoms with Crippen molar-refractivity contribution in [1.82, 2.24) is 14.1 Å². The van der Waals surface area contributed by atoms with Crippen LogP contribution in [0.15, 0.2) is 200 Å². The molecule has 0 aliphatic carbocycles. The number of pyridine rings is 1. The molecular weight excluding hydrogens is 679 g/mol. The molecule has 3 aromatic heterocycles. The third-order valence-electron chi connectivity index (χ3n) is 11.7. The number of rotatable bonds is 4. The molecule has 12 rings (SSSR count). The molecule has 0 radical (unpaired) electrons. The molecule has 0 spiro atoms. The van der Waals surface area contributed by atoms with Crippen molar-refractivity contribution in [2.24, 2.45) is 0 Å². The van der Waals surface area contributed by atoms with Crippen LogP contribution in [0.3, 0.4) is 0 Å². The Labute approximate surface area is 322 Å². The quantitative estimate of drug-likeness (QED) is 0.178. The number of hydrogen-bond donors (Lipinski definition) is 0. The molecule has 3 nitrogen and oxygen atoms in total. The Hall–Kier alpha value is -7.49. The smallest absolute Gasteiger partial charge is 0.138 e. The second kappa shape index (κ2) is 12.0. The Bertz CT molecular complexity index is 3520. The molecule has 0 aliphatic heterocycles. The van der Waals surface area contributed by atoms with Crippen LogP contribution in [0, 0.1) is 0 Å². The second-order valence-corrected chi connectivity index (χ2v) is 14.7. The molecule has 0 amide bonds. The third kappa shape index (κ3) is 4.55. The molecule has 3 heterocycles. The Balaban J connectivity index is 1.22. The van der Waals surface area contributed by atoms with Gasteiger partial charge in [0.2, 0.25) is 0 Å². The summed E-state index contributed by atoms with van der Waals surface area (Å²) in [6.45, 7) is 0. The fraction of sp³-hybridized carbons (Fsp3) is 0. The zero-order valence-electron chi connectivity index (χ0n) is 30.4. The van der Waals surface area contributed by atoms with Crippen LogP contribution in [0.4, 0.5) is 0 Å². The number of aromatic nitrogens is 3. The summed E-state index contributed by atoms with van der Waals surface area (Å²) in [5.41, 5.74) is 11.5. The van der Waals surface area contributed by atoms with Gasteiger partial charge in [-0.05, 0) is 98.4 Å². The molecule has 260 valence electrons. The Morgan fingerprint density at radius 3 is 1.80 bits per heavy atom. The van der Waals surface area contributed by atoms with E-state index in [1.54, 1.807) is 0 Å². The minimum atomic E-state index is 0.900. The fourth-order valence-corrected chi connectivity index (χ4v) is 9.17. The van der Waals surface area contributed by atoms with Gasteiger partial charge in [0.25, 0.3) is 0 Å². The number of hydrogen-bond acceptors (Lipinski definition) is 1. The number of nitrogens with zero attached hydrogens (tertiary/aromatic N) is 3. The van der Waals surface area contributed by atoms with Crippen LogP contribution >= 0.6 is 0 Å². The number of fused-ring (bicyclic) bond motifs is 10. The van der Waals surface area contributed by atoms with Gasteiger partial charge < -0.3 is 4.57 Å². The zero-order valence-corrected chi connectivity index (χ0v) is 30.4. The van der Waals surface area contributed by atoms with Gasteiger partial charge in [0.15, 0.2) is 0 Å². The van der Waals surface area contributed by atoms with Crippen LogP contribution in [0.1, 0.15) is 0 Å². The molecule has 0 atom stereocenters. The summed E-state index contributed by atoms with van der Waals surface area (Å²) in [5, 5.41) is 11.0. The minimum Gasteiger partial charge on any atom is -0.309 e. The van der Waals surface area contributed by atoms with Gasteiger partial charge in [-0.3, -0.25) is 4.57 Å². The molecule has 0 N–H and O–H groups in total. The lowest BCUT2D eigenvalue weighted by molar-refractivity contribution is 1.10. The maximum Gasteiger partial charge on any atom is 0.138 e. The summed E-state index contributed by atoms with van der Waals surface area (Å²) in [5.74, 6) is 0.900. The highest BCUT2D eigenvalue weighted by Gasteiger charge is 2.22. The normalized spacial score (nSPS) is 11.9. The van der Waals surface area contributed by atoms with Crippen LogP contribution in [-0.2, 0) is 0 Å². The molecule has 0 unspecified atom stereocenters. The summed E-state index contributed by atoms with van der Waals surface area (Å²) < 4.78 is 4.83. The van der Waals surface area contributed by atoms with Gasteiger partial charge in [0.05, 0.1) is 27.6 Å². The van der Waals surface area contributed by atoms with Crippen LogP contribution in [0.5, 0.6) is 0 Å². The summed E-state index contributed by atoms with van der Waals surface area (Å²) >= 11 is 0. The molecule has 0 saturated carbocycles. The van der Waals surface area contributed by atoms with Gasteiger partial charge in [-0.2, -0.15) is 0 Å². The van der Waals surface area contributed by atoms with Crippen molar-refractivity contribution < 1.29 is 0 Å². The molecule has 0 aliphatic rings. The largest absolute Gasteiger partial charge is 0.309 e. The average molecular weight is 712 g/mol. The van der Waals surface area contributed by atoms with E-state index in [1.807, 2.05) is 0 Å². The van der Waals surface area contributed by atoms with Crippen LogP contribution < -0.4 is 0 Å². The van der Waals surface area contributed by atoms with E-state index in [2.05, 4.69) is 209 Å². The van der Waals surface area contributed by atoms with E-state index >= 15 is 0 Å². The predicted octanol–water partition coefficient (Wildman–Crippen LogP) is 14.1. The molecular formula is C53H33N3. The van der Waals surface area contributed by atoms with E-state index in [0.717, 1.165) is 39.0 Å². The average Bonchev–Trinajstić information content (AvgIpc) is 3.77. The summed E-state index contributed by atoms with van der Waals surface area (Å²) in [7, 11) is 0. The summed E-state index contributed by atoms with van der Waals surface area (Å²) in [4.78, 5) is 5.41. The van der Waals surface area contributed by atoms with Gasteiger partial charge in [0.1, 0.15) is 5.82 Å². The van der Waals surface area contributed by atoms with E-state index < -0.39 is 0 Å². The van der Waals surface area contributed by atoms with Gasteiger partial charge in [-0.15, -0.1) is 0 Å². The van der Waals surface area contributed by atoms with Crippen LogP contribution in [-0.4, -0.2) is 14.1 Å². The Morgan fingerprint density at radius 1 is 0.321 bits per heavy atom. The maximum absolute atomic E-state index is 5.41. The monoisotopic (exact) mass is 711 g/mol. The van der Waals surface area contributed by atoms with Crippen molar-refractivity contribution in [3.8, 4) is 33.8 Å². The SMILES string of the molecule is c1ccc(-c2cc3c(c4ccccc24)c2cc4c5ccccc5n(-c5cc(-c6ccc7ccccc7c6)c6ccccc6n5)c4cc2n3-c2ccccc2)cc1. The van der Waals surface area contributed by atoms with Gasteiger partial charge in [-0.1, -0.05) is 146 Å². The van der Waals surface area contributed by atoms with Crippen molar-refractivity contribution in [3.63, 3.8) is 0 Å². The molecule has 56 heavy (non-hydrogen) atoms. The van der Waals surface area contributed by atoms with Crippen LogP contribution in [0.25, 0.3) is 110 Å². The highest BCUT2D eigenvalue weighted by Crippen LogP contribution is 2.45. The molecule has 0 fully saturated rings. The third-order valence-corrected chi connectivity index (χ3v) is 11.7.